The van der Waals surface area contributed by atoms with Crippen molar-refractivity contribution >= 4 is 28.3 Å². The van der Waals surface area contributed by atoms with E-state index in [1.807, 2.05) is 30.5 Å². The van der Waals surface area contributed by atoms with Crippen LogP contribution < -0.4 is 10.6 Å². The summed E-state index contributed by atoms with van der Waals surface area (Å²) < 4.78 is 0. The lowest BCUT2D eigenvalue weighted by Gasteiger charge is -2.13. The van der Waals surface area contributed by atoms with E-state index in [0.717, 1.165) is 18.5 Å². The van der Waals surface area contributed by atoms with Crippen molar-refractivity contribution in [3.05, 3.63) is 65.4 Å². The molecular weight excluding hydrogens is 346 g/mol. The molecule has 0 spiro atoms. The highest BCUT2D eigenvalue weighted by Gasteiger charge is 2.11. The van der Waals surface area contributed by atoms with Crippen molar-refractivity contribution in [2.45, 2.75) is 32.2 Å². The van der Waals surface area contributed by atoms with Crippen LogP contribution in [0.2, 0.25) is 0 Å². The molecule has 0 bridgehead atoms. The van der Waals surface area contributed by atoms with E-state index in [4.69, 9.17) is 0 Å². The molecule has 1 amide bonds. The third-order valence-corrected chi connectivity index (χ3v) is 4.60. The number of amides is 1. The second-order valence-electron chi connectivity index (χ2n) is 6.01. The van der Waals surface area contributed by atoms with Gasteiger partial charge in [0.2, 0.25) is 11.9 Å². The van der Waals surface area contributed by atoms with Crippen molar-refractivity contribution in [2.24, 2.45) is 0 Å². The number of nitrogens with zero attached hydrogens (tertiary/aromatic N) is 3. The molecule has 3 rings (SSSR count). The SMILES string of the molecule is CC(CCc1ccccc1)NC(=O)Cc1csc(Nc2ncccn2)n1. The third-order valence-electron chi connectivity index (χ3n) is 3.79. The Morgan fingerprint density at radius 2 is 1.92 bits per heavy atom. The van der Waals surface area contributed by atoms with Gasteiger partial charge in [-0.2, -0.15) is 0 Å². The van der Waals surface area contributed by atoms with Gasteiger partial charge >= 0.3 is 0 Å². The molecule has 1 aromatic carbocycles. The summed E-state index contributed by atoms with van der Waals surface area (Å²) in [5.74, 6) is 0.478. The maximum absolute atomic E-state index is 12.2. The molecular formula is C19H21N5OS. The molecule has 0 aliphatic rings. The maximum atomic E-state index is 12.2. The van der Waals surface area contributed by atoms with Gasteiger partial charge in [0.05, 0.1) is 12.1 Å². The summed E-state index contributed by atoms with van der Waals surface area (Å²) in [6.45, 7) is 2.03. The highest BCUT2D eigenvalue weighted by molar-refractivity contribution is 7.13. The number of nitrogens with one attached hydrogen (secondary N) is 2. The number of rotatable bonds is 8. The fourth-order valence-electron chi connectivity index (χ4n) is 2.50. The lowest BCUT2D eigenvalue weighted by molar-refractivity contribution is -0.121. The summed E-state index contributed by atoms with van der Waals surface area (Å²) in [7, 11) is 0. The first kappa shape index (κ1) is 18.0. The standard InChI is InChI=1S/C19H21N5OS/c1-14(8-9-15-6-3-2-4-7-15)22-17(25)12-16-13-26-19(23-16)24-18-20-10-5-11-21-18/h2-7,10-11,13-14H,8-9,12H2,1H3,(H,22,25)(H,20,21,23,24). The van der Waals surface area contributed by atoms with Crippen LogP contribution in [0.3, 0.4) is 0 Å². The Bertz CT molecular complexity index is 822. The number of benzene rings is 1. The molecule has 1 unspecified atom stereocenters. The highest BCUT2D eigenvalue weighted by Crippen LogP contribution is 2.18. The Morgan fingerprint density at radius 3 is 2.69 bits per heavy atom. The van der Waals surface area contributed by atoms with Gasteiger partial charge in [-0.25, -0.2) is 15.0 Å². The van der Waals surface area contributed by atoms with Gasteiger partial charge in [0, 0.05) is 23.8 Å². The topological polar surface area (TPSA) is 79.8 Å². The van der Waals surface area contributed by atoms with Crippen LogP contribution in [0, 0.1) is 0 Å². The molecule has 2 aromatic heterocycles. The normalized spacial score (nSPS) is 11.7. The van der Waals surface area contributed by atoms with Crippen molar-refractivity contribution in [3.63, 3.8) is 0 Å². The Balaban J connectivity index is 1.44. The molecule has 0 saturated carbocycles. The fraction of sp³-hybridized carbons (Fsp3) is 0.263. The van der Waals surface area contributed by atoms with Gasteiger partial charge in [-0.15, -0.1) is 11.3 Å². The van der Waals surface area contributed by atoms with Crippen LogP contribution in [0.1, 0.15) is 24.6 Å². The number of carbonyl (C=O) groups excluding carboxylic acids is 1. The van der Waals surface area contributed by atoms with Crippen LogP contribution in [-0.2, 0) is 17.6 Å². The van der Waals surface area contributed by atoms with E-state index in [-0.39, 0.29) is 18.4 Å². The Kier molecular flexibility index (Phi) is 6.27. The zero-order chi connectivity index (χ0) is 18.2. The summed E-state index contributed by atoms with van der Waals surface area (Å²) >= 11 is 1.43. The molecule has 6 nitrogen and oxygen atoms in total. The predicted octanol–water partition coefficient (Wildman–Crippen LogP) is 3.36. The largest absolute Gasteiger partial charge is 0.353 e. The lowest BCUT2D eigenvalue weighted by atomic mass is 10.1. The Hall–Kier alpha value is -2.80. The molecule has 0 radical (unpaired) electrons. The van der Waals surface area contributed by atoms with Crippen LogP contribution in [0.4, 0.5) is 11.1 Å². The summed E-state index contributed by atoms with van der Waals surface area (Å²) in [5, 5.41) is 8.62. The van der Waals surface area contributed by atoms with Gasteiger partial charge in [0.15, 0.2) is 5.13 Å². The molecule has 1 atom stereocenters. The first-order valence-electron chi connectivity index (χ1n) is 8.51. The minimum absolute atomic E-state index is 0.0154. The fourth-order valence-corrected chi connectivity index (χ4v) is 3.20. The maximum Gasteiger partial charge on any atom is 0.228 e. The number of aromatic nitrogens is 3. The van der Waals surface area contributed by atoms with Crippen LogP contribution >= 0.6 is 11.3 Å². The monoisotopic (exact) mass is 367 g/mol. The molecule has 0 aliphatic carbocycles. The van der Waals surface area contributed by atoms with Gasteiger partial charge in [-0.3, -0.25) is 4.79 Å². The summed E-state index contributed by atoms with van der Waals surface area (Å²) in [6.07, 6.45) is 5.45. The predicted molar refractivity (Wildman–Crippen MR) is 104 cm³/mol. The van der Waals surface area contributed by atoms with E-state index in [1.165, 1.54) is 16.9 Å². The number of anilines is 2. The molecule has 2 N–H and O–H groups in total. The van der Waals surface area contributed by atoms with Crippen molar-refractivity contribution in [2.75, 3.05) is 5.32 Å². The summed E-state index contributed by atoms with van der Waals surface area (Å²) in [5.41, 5.74) is 2.02. The van der Waals surface area contributed by atoms with Crippen LogP contribution in [0.5, 0.6) is 0 Å². The molecule has 134 valence electrons. The average Bonchev–Trinajstić information content (AvgIpc) is 3.08. The van der Waals surface area contributed by atoms with Crippen LogP contribution in [-0.4, -0.2) is 26.9 Å². The van der Waals surface area contributed by atoms with Crippen LogP contribution in [0.25, 0.3) is 0 Å². The van der Waals surface area contributed by atoms with E-state index in [9.17, 15) is 4.79 Å². The Labute approximate surface area is 156 Å². The summed E-state index contributed by atoms with van der Waals surface area (Å²) in [6, 6.07) is 12.2. The number of hydrogen-bond acceptors (Lipinski definition) is 6. The van der Waals surface area contributed by atoms with Gasteiger partial charge in [0.1, 0.15) is 0 Å². The molecule has 3 aromatic rings. The highest BCUT2D eigenvalue weighted by atomic mass is 32.1. The van der Waals surface area contributed by atoms with Gasteiger partial charge in [0.25, 0.3) is 0 Å². The van der Waals surface area contributed by atoms with Crippen molar-refractivity contribution in [1.82, 2.24) is 20.3 Å². The van der Waals surface area contributed by atoms with Crippen LogP contribution in [0.15, 0.2) is 54.2 Å². The van der Waals surface area contributed by atoms with Crippen molar-refractivity contribution in [1.29, 1.82) is 0 Å². The second-order valence-corrected chi connectivity index (χ2v) is 6.87. The second kappa shape index (κ2) is 9.05. The van der Waals surface area contributed by atoms with Gasteiger partial charge in [-0.1, -0.05) is 30.3 Å². The minimum atomic E-state index is -0.0154. The molecule has 2 heterocycles. The molecule has 0 aliphatic heterocycles. The lowest BCUT2D eigenvalue weighted by Crippen LogP contribution is -2.34. The number of carbonyl (C=O) groups is 1. The zero-order valence-electron chi connectivity index (χ0n) is 14.6. The van der Waals surface area contributed by atoms with E-state index >= 15 is 0 Å². The zero-order valence-corrected chi connectivity index (χ0v) is 15.4. The minimum Gasteiger partial charge on any atom is -0.353 e. The molecule has 0 fully saturated rings. The average molecular weight is 367 g/mol. The molecule has 0 saturated heterocycles. The van der Waals surface area contributed by atoms with E-state index in [0.29, 0.717) is 11.1 Å². The summed E-state index contributed by atoms with van der Waals surface area (Å²) in [4.78, 5) is 24.8. The molecule has 26 heavy (non-hydrogen) atoms. The molecule has 7 heteroatoms. The smallest absolute Gasteiger partial charge is 0.228 e. The number of hydrogen-bond donors (Lipinski definition) is 2. The van der Waals surface area contributed by atoms with E-state index in [1.54, 1.807) is 18.5 Å². The van der Waals surface area contributed by atoms with Crippen molar-refractivity contribution in [3.8, 4) is 0 Å². The number of thiazole rings is 1. The van der Waals surface area contributed by atoms with E-state index in [2.05, 4.69) is 37.7 Å². The van der Waals surface area contributed by atoms with Crippen molar-refractivity contribution < 1.29 is 4.79 Å². The first-order chi connectivity index (χ1) is 12.7. The quantitative estimate of drug-likeness (QED) is 0.638. The van der Waals surface area contributed by atoms with E-state index < -0.39 is 0 Å². The van der Waals surface area contributed by atoms with Gasteiger partial charge in [-0.05, 0) is 31.4 Å². The third kappa shape index (κ3) is 5.63. The number of aryl methyl sites for hydroxylation is 1. The van der Waals surface area contributed by atoms with Gasteiger partial charge < -0.3 is 10.6 Å². The first-order valence-corrected chi connectivity index (χ1v) is 9.39. The Morgan fingerprint density at radius 1 is 1.15 bits per heavy atom.